The zero-order valence-electron chi connectivity index (χ0n) is 56.2. The zero-order chi connectivity index (χ0) is 65.0. The Morgan fingerprint density at radius 2 is 0.567 bits per heavy atom. The molecule has 0 bridgehead atoms. The molecule has 0 aliphatic rings. The highest BCUT2D eigenvalue weighted by Gasteiger charge is 2.32. The molecule has 0 unspecified atom stereocenters. The van der Waals surface area contributed by atoms with E-state index in [-0.39, 0.29) is 14.9 Å². The fourth-order valence-electron chi connectivity index (χ4n) is 11.0. The normalized spacial score (nSPS) is 12.1. The summed E-state index contributed by atoms with van der Waals surface area (Å²) in [7, 11) is -9.93. The molecular formula is C72H110O12Si6. The van der Waals surface area contributed by atoms with E-state index in [9.17, 15) is 14.4 Å². The predicted molar refractivity (Wildman–Crippen MR) is 388 cm³/mol. The summed E-state index contributed by atoms with van der Waals surface area (Å²) in [4.78, 5) is 38.2. The maximum atomic E-state index is 12.9. The van der Waals surface area contributed by atoms with Crippen LogP contribution in [0.4, 0.5) is 14.4 Å². The quantitative estimate of drug-likeness (QED) is 0.0251. The molecule has 0 saturated carbocycles. The second-order valence-corrected chi connectivity index (χ2v) is 55.2. The summed E-state index contributed by atoms with van der Waals surface area (Å²) < 4.78 is 53.1. The lowest BCUT2D eigenvalue weighted by Gasteiger charge is -2.31. The maximum Gasteiger partial charge on any atom is 0.519 e. The molecule has 90 heavy (non-hydrogen) atoms. The Balaban J connectivity index is 0.000000543. The van der Waals surface area contributed by atoms with Crippen LogP contribution in [0.25, 0.3) is 0 Å². The molecule has 0 atom stereocenters. The summed E-state index contributed by atoms with van der Waals surface area (Å²) in [6.45, 7) is 40.2. The first-order valence-electron chi connectivity index (χ1n) is 31.4. The number of carbonyl (C=O) groups is 3. The standard InChI is InChI=1S/C45H64O8Si4.C25H38O4Si2.2CH4/c1-45(2,37-25-29-39(30-26-37)48-43(46)50-41-23-15-13-19-35(41)21-17-33-56(9,10)52-54(3,4)5)38-27-31-40(32-28-38)49-44(47)51-42-24-16-14-20-36(42)22-18-34-57(11,12)53-55(6,7)8;1-7-8-14-21-15-9-11-18-23(21)27-25(26)28-24-19-12-10-16-22(24)17-13-20-31(5,6)29-30(2,3)4;;/h13-16,19-20,23-32H,17-18,21-22,33-34H2,1-12H3;9-12,15-16,18-19H,7-8,13-14,17,20H2,1-6H3;2*1H4. The molecule has 0 amide bonds. The zero-order valence-corrected chi connectivity index (χ0v) is 62.2. The van der Waals surface area contributed by atoms with Crippen LogP contribution in [0.2, 0.25) is 116 Å². The summed E-state index contributed by atoms with van der Waals surface area (Å²) in [5.74, 6) is 2.95. The van der Waals surface area contributed by atoms with Crippen molar-refractivity contribution >= 4 is 68.4 Å². The molecule has 18 heteroatoms. The third-order valence-corrected chi connectivity index (χ3v) is 33.1. The van der Waals surface area contributed by atoms with Gasteiger partial charge in [-0.1, -0.05) is 139 Å². The highest BCUT2D eigenvalue weighted by atomic mass is 28.4. The molecule has 0 saturated heterocycles. The number of rotatable bonds is 29. The molecule has 0 aliphatic carbocycles. The van der Waals surface area contributed by atoms with Crippen molar-refractivity contribution in [2.75, 3.05) is 0 Å². The average molecular weight is 1340 g/mol. The van der Waals surface area contributed by atoms with Gasteiger partial charge in [0.15, 0.2) is 49.9 Å². The van der Waals surface area contributed by atoms with Crippen LogP contribution in [0.5, 0.6) is 34.5 Å². The van der Waals surface area contributed by atoms with Crippen molar-refractivity contribution in [2.24, 2.45) is 0 Å². The minimum absolute atomic E-state index is 0. The molecule has 0 fully saturated rings. The molecule has 0 radical (unpaired) electrons. The Hall–Kier alpha value is -5.69. The molecule has 0 aromatic heterocycles. The van der Waals surface area contributed by atoms with E-state index in [0.717, 1.165) is 109 Å². The topological polar surface area (TPSA) is 134 Å². The lowest BCUT2D eigenvalue weighted by molar-refractivity contribution is 0.150. The lowest BCUT2D eigenvalue weighted by Crippen LogP contribution is -2.42. The Kier molecular flexibility index (Phi) is 30.9. The van der Waals surface area contributed by atoms with Gasteiger partial charge >= 0.3 is 18.5 Å². The van der Waals surface area contributed by atoms with Gasteiger partial charge in [-0.15, -0.1) is 0 Å². The van der Waals surface area contributed by atoms with E-state index in [2.05, 4.69) is 119 Å². The lowest BCUT2D eigenvalue weighted by atomic mass is 9.78. The van der Waals surface area contributed by atoms with Crippen molar-refractivity contribution in [1.29, 1.82) is 0 Å². The highest BCUT2D eigenvalue weighted by molar-refractivity contribution is 6.85. The SMILES string of the molecule is C.C.CC(C)(c1ccc(OC(=O)Oc2ccccc2CCC[Si](C)(C)O[Si](C)(C)C)cc1)c1ccc(OC(=O)Oc2ccccc2CCC[Si](C)(C)O[Si](C)(C)C)cc1.CCCCc1ccccc1OC(=O)Oc1ccccc1CCC[Si](C)(C)O[Si](C)(C)C. The first-order chi connectivity index (χ1) is 41.1. The van der Waals surface area contributed by atoms with Crippen LogP contribution >= 0.6 is 0 Å². The number of para-hydroxylation sites is 4. The van der Waals surface area contributed by atoms with Crippen LogP contribution < -0.4 is 28.4 Å². The second kappa shape index (κ2) is 35.4. The van der Waals surface area contributed by atoms with Crippen molar-refractivity contribution < 1.29 is 55.2 Å². The molecule has 0 aliphatic heterocycles. The van der Waals surface area contributed by atoms with E-state index < -0.39 is 73.8 Å². The van der Waals surface area contributed by atoms with Gasteiger partial charge in [-0.25, -0.2) is 14.4 Å². The Labute approximate surface area is 548 Å². The van der Waals surface area contributed by atoms with Crippen molar-refractivity contribution in [3.63, 3.8) is 0 Å². The summed E-state index contributed by atoms with van der Waals surface area (Å²) in [6, 6.07) is 48.6. The van der Waals surface area contributed by atoms with Crippen LogP contribution in [-0.4, -0.2) is 68.4 Å². The van der Waals surface area contributed by atoms with E-state index in [1.807, 2.05) is 109 Å². The van der Waals surface area contributed by atoms with Gasteiger partial charge in [-0.3, -0.25) is 0 Å². The van der Waals surface area contributed by atoms with Crippen molar-refractivity contribution in [3.05, 3.63) is 179 Å². The molecule has 6 aromatic carbocycles. The van der Waals surface area contributed by atoms with Gasteiger partial charge in [0, 0.05) is 5.41 Å². The third-order valence-electron chi connectivity index (χ3n) is 14.4. The van der Waals surface area contributed by atoms with E-state index in [4.69, 9.17) is 40.8 Å². The van der Waals surface area contributed by atoms with Gasteiger partial charge in [0.05, 0.1) is 0 Å². The smallest absolute Gasteiger partial charge is 0.456 e. The van der Waals surface area contributed by atoms with Crippen molar-refractivity contribution in [1.82, 2.24) is 0 Å². The van der Waals surface area contributed by atoms with Gasteiger partial charge in [-0.2, -0.15) is 0 Å². The first kappa shape index (κ1) is 78.6. The predicted octanol–water partition coefficient (Wildman–Crippen LogP) is 22.0. The maximum absolute atomic E-state index is 12.9. The van der Waals surface area contributed by atoms with E-state index in [1.165, 1.54) is 0 Å². The second-order valence-electron chi connectivity index (χ2n) is 28.1. The molecule has 6 aromatic rings. The number of benzene rings is 6. The van der Waals surface area contributed by atoms with E-state index >= 15 is 0 Å². The van der Waals surface area contributed by atoms with Gasteiger partial charge in [0.2, 0.25) is 0 Å². The number of hydrogen-bond donors (Lipinski definition) is 0. The average Bonchev–Trinajstić information content (AvgIpc) is 0.866. The monoisotopic (exact) mass is 1330 g/mol. The summed E-state index contributed by atoms with van der Waals surface area (Å²) in [5, 5.41) is 0. The molecule has 12 nitrogen and oxygen atoms in total. The van der Waals surface area contributed by atoms with Crippen molar-refractivity contribution in [2.45, 2.75) is 215 Å². The van der Waals surface area contributed by atoms with Gasteiger partial charge in [0.1, 0.15) is 34.5 Å². The van der Waals surface area contributed by atoms with Crippen molar-refractivity contribution in [3.8, 4) is 34.5 Å². The number of unbranched alkanes of at least 4 members (excludes halogenated alkanes) is 1. The van der Waals surface area contributed by atoms with E-state index in [0.29, 0.717) is 34.5 Å². The molecule has 0 spiro atoms. The van der Waals surface area contributed by atoms with Gasteiger partial charge in [0.25, 0.3) is 0 Å². The van der Waals surface area contributed by atoms with Gasteiger partial charge in [-0.05, 0) is 250 Å². The molecule has 0 heterocycles. The fourth-order valence-corrected chi connectivity index (χ4v) is 35.2. The van der Waals surface area contributed by atoms with Gasteiger partial charge < -0.3 is 40.8 Å². The van der Waals surface area contributed by atoms with Crippen LogP contribution in [0.1, 0.15) is 101 Å². The molecule has 494 valence electrons. The Morgan fingerprint density at radius 1 is 0.333 bits per heavy atom. The Morgan fingerprint density at radius 3 is 0.811 bits per heavy atom. The highest BCUT2D eigenvalue weighted by Crippen LogP contribution is 2.35. The largest absolute Gasteiger partial charge is 0.519 e. The summed E-state index contributed by atoms with van der Waals surface area (Å²) in [5.41, 5.74) is 5.63. The van der Waals surface area contributed by atoms with E-state index in [1.54, 1.807) is 36.4 Å². The Bertz CT molecular complexity index is 3020. The van der Waals surface area contributed by atoms with Crippen LogP contribution in [0, 0.1) is 0 Å². The molecule has 0 N–H and O–H groups in total. The fraction of sp³-hybridized carbons (Fsp3) is 0.458. The van der Waals surface area contributed by atoms with Crippen LogP contribution in [-0.2, 0) is 43.4 Å². The number of carbonyl (C=O) groups excluding carboxylic acids is 3. The first-order valence-corrected chi connectivity index (χ1v) is 51.0. The molecule has 6 rings (SSSR count). The third kappa shape index (κ3) is 28.9. The number of ether oxygens (including phenoxy) is 6. The van der Waals surface area contributed by atoms with Crippen LogP contribution in [0.3, 0.4) is 0 Å². The number of aryl methyl sites for hydroxylation is 4. The minimum Gasteiger partial charge on any atom is -0.456 e. The van der Waals surface area contributed by atoms with Crippen LogP contribution in [0.15, 0.2) is 146 Å². The summed E-state index contributed by atoms with van der Waals surface area (Å²) in [6.07, 6.45) is 6.15. The number of hydrogen-bond acceptors (Lipinski definition) is 12. The minimum atomic E-state index is -1.76. The summed E-state index contributed by atoms with van der Waals surface area (Å²) >= 11 is 0. The molecular weight excluding hydrogens is 1230 g/mol.